The van der Waals surface area contributed by atoms with Gasteiger partial charge in [0.1, 0.15) is 0 Å². The second-order valence-electron chi connectivity index (χ2n) is 4.29. The van der Waals surface area contributed by atoms with Gasteiger partial charge in [0.05, 0.1) is 0 Å². The van der Waals surface area contributed by atoms with E-state index in [4.69, 9.17) is 5.73 Å². The molecule has 0 aromatic heterocycles. The second kappa shape index (κ2) is 7.42. The maximum atomic E-state index is 5.81. The summed E-state index contributed by atoms with van der Waals surface area (Å²) in [6.45, 7) is 6.21. The maximum absolute atomic E-state index is 5.81. The lowest BCUT2D eigenvalue weighted by atomic mass is 10.0. The van der Waals surface area contributed by atoms with Crippen LogP contribution in [0.4, 0.5) is 0 Å². The summed E-state index contributed by atoms with van der Waals surface area (Å²) >= 11 is 0. The molecule has 0 fully saturated rings. The summed E-state index contributed by atoms with van der Waals surface area (Å²) in [5.74, 6) is 0.762. The van der Waals surface area contributed by atoms with Gasteiger partial charge in [0.25, 0.3) is 0 Å². The predicted octanol–water partition coefficient (Wildman–Crippen LogP) is 2.71. The lowest BCUT2D eigenvalue weighted by molar-refractivity contribution is 0.414. The molecule has 1 unspecified atom stereocenters. The number of hydrogen-bond acceptors (Lipinski definition) is 2. The van der Waals surface area contributed by atoms with Gasteiger partial charge >= 0.3 is 0 Å². The molecule has 1 rings (SSSR count). The maximum Gasteiger partial charge on any atom is 0.0444 e. The van der Waals surface area contributed by atoms with Crippen molar-refractivity contribution in [3.63, 3.8) is 0 Å². The third-order valence-corrected chi connectivity index (χ3v) is 3.25. The normalized spacial score (nSPS) is 13.0. The van der Waals surface area contributed by atoms with Crippen molar-refractivity contribution in [1.29, 1.82) is 0 Å². The first-order chi connectivity index (χ1) is 7.81. The van der Waals surface area contributed by atoms with Gasteiger partial charge in [-0.2, -0.15) is 0 Å². The smallest absolute Gasteiger partial charge is 0.0444 e. The fourth-order valence-corrected chi connectivity index (χ4v) is 1.91. The van der Waals surface area contributed by atoms with Crippen molar-refractivity contribution in [3.05, 3.63) is 35.9 Å². The van der Waals surface area contributed by atoms with E-state index in [0.29, 0.717) is 12.6 Å². The van der Waals surface area contributed by atoms with Gasteiger partial charge in [0, 0.05) is 12.6 Å². The summed E-state index contributed by atoms with van der Waals surface area (Å²) in [6.07, 6.45) is 2.46. The molecule has 90 valence electrons. The van der Waals surface area contributed by atoms with Gasteiger partial charge in [0.2, 0.25) is 0 Å². The van der Waals surface area contributed by atoms with Crippen molar-refractivity contribution in [2.75, 3.05) is 13.1 Å². The van der Waals surface area contributed by atoms with Crippen molar-refractivity contribution in [2.45, 2.75) is 32.7 Å². The molecule has 2 heteroatoms. The Labute approximate surface area is 99.2 Å². The Hall–Kier alpha value is -0.860. The van der Waals surface area contributed by atoms with E-state index in [1.165, 1.54) is 18.4 Å². The quantitative estimate of drug-likeness (QED) is 0.741. The summed E-state index contributed by atoms with van der Waals surface area (Å²) in [5.41, 5.74) is 7.10. The highest BCUT2D eigenvalue weighted by Gasteiger charge is 2.10. The molecule has 16 heavy (non-hydrogen) atoms. The van der Waals surface area contributed by atoms with Gasteiger partial charge in [-0.3, -0.25) is 0 Å². The Bertz CT molecular complexity index is 267. The Morgan fingerprint density at radius 3 is 2.25 bits per heavy atom. The first kappa shape index (κ1) is 13.2. The molecular formula is C14H24N2. The number of nitrogens with one attached hydrogen (secondary N) is 1. The lowest BCUT2D eigenvalue weighted by Gasteiger charge is -2.21. The molecule has 0 saturated carbocycles. The molecular weight excluding hydrogens is 196 g/mol. The first-order valence-corrected chi connectivity index (χ1v) is 6.30. The average Bonchev–Trinajstić information content (AvgIpc) is 2.36. The zero-order valence-corrected chi connectivity index (χ0v) is 10.4. The predicted molar refractivity (Wildman–Crippen MR) is 70.3 cm³/mol. The van der Waals surface area contributed by atoms with Crippen LogP contribution < -0.4 is 11.1 Å². The monoisotopic (exact) mass is 220 g/mol. The van der Waals surface area contributed by atoms with E-state index in [2.05, 4.69) is 43.4 Å². The fraction of sp³-hybridized carbons (Fsp3) is 0.571. The van der Waals surface area contributed by atoms with Crippen LogP contribution >= 0.6 is 0 Å². The molecule has 0 radical (unpaired) electrons. The number of hydrogen-bond donors (Lipinski definition) is 2. The summed E-state index contributed by atoms with van der Waals surface area (Å²) in [4.78, 5) is 0. The molecule has 0 spiro atoms. The molecule has 0 aliphatic carbocycles. The molecule has 0 bridgehead atoms. The van der Waals surface area contributed by atoms with Gasteiger partial charge in [-0.05, 0) is 18.0 Å². The highest BCUT2D eigenvalue weighted by Crippen LogP contribution is 2.13. The number of rotatable bonds is 7. The Morgan fingerprint density at radius 1 is 1.12 bits per heavy atom. The minimum Gasteiger partial charge on any atom is -0.329 e. The number of nitrogens with two attached hydrogens (primary N) is 1. The van der Waals surface area contributed by atoms with Gasteiger partial charge in [0.15, 0.2) is 0 Å². The topological polar surface area (TPSA) is 38.0 Å². The molecule has 0 amide bonds. The molecule has 0 saturated heterocycles. The number of benzene rings is 1. The average molecular weight is 220 g/mol. The largest absolute Gasteiger partial charge is 0.329 e. The van der Waals surface area contributed by atoms with Crippen molar-refractivity contribution in [1.82, 2.24) is 5.32 Å². The van der Waals surface area contributed by atoms with Crippen molar-refractivity contribution < 1.29 is 0 Å². The minimum atomic E-state index is 0.293. The summed E-state index contributed by atoms with van der Waals surface area (Å²) in [7, 11) is 0. The highest BCUT2D eigenvalue weighted by molar-refractivity contribution is 5.19. The molecule has 1 aromatic rings. The van der Waals surface area contributed by atoms with Crippen LogP contribution in [-0.2, 0) is 0 Å². The molecule has 1 atom stereocenters. The van der Waals surface area contributed by atoms with E-state index >= 15 is 0 Å². The molecule has 0 aliphatic rings. The molecule has 0 heterocycles. The van der Waals surface area contributed by atoms with E-state index in [1.807, 2.05) is 6.07 Å². The van der Waals surface area contributed by atoms with Crippen LogP contribution in [0.1, 0.15) is 38.3 Å². The van der Waals surface area contributed by atoms with Crippen LogP contribution in [0.2, 0.25) is 0 Å². The van der Waals surface area contributed by atoms with E-state index in [1.54, 1.807) is 0 Å². The molecule has 0 aliphatic heterocycles. The van der Waals surface area contributed by atoms with Gasteiger partial charge in [-0.15, -0.1) is 0 Å². The summed E-state index contributed by atoms with van der Waals surface area (Å²) < 4.78 is 0. The zero-order chi connectivity index (χ0) is 11.8. The third-order valence-electron chi connectivity index (χ3n) is 3.25. The SMILES string of the molecule is CCC(CC)CNC(CN)c1ccccc1. The first-order valence-electron chi connectivity index (χ1n) is 6.30. The molecule has 1 aromatic carbocycles. The highest BCUT2D eigenvalue weighted by atomic mass is 14.9. The van der Waals surface area contributed by atoms with Gasteiger partial charge < -0.3 is 11.1 Å². The van der Waals surface area contributed by atoms with E-state index in [0.717, 1.165) is 12.5 Å². The summed E-state index contributed by atoms with van der Waals surface area (Å²) in [5, 5.41) is 3.56. The zero-order valence-electron chi connectivity index (χ0n) is 10.4. The Morgan fingerprint density at radius 2 is 1.75 bits per heavy atom. The molecule has 3 N–H and O–H groups in total. The van der Waals surface area contributed by atoms with Crippen LogP contribution in [0.5, 0.6) is 0 Å². The van der Waals surface area contributed by atoms with E-state index < -0.39 is 0 Å². The van der Waals surface area contributed by atoms with Crippen molar-refractivity contribution in [2.24, 2.45) is 11.7 Å². The van der Waals surface area contributed by atoms with Crippen LogP contribution in [0.15, 0.2) is 30.3 Å². The van der Waals surface area contributed by atoms with Gasteiger partial charge in [-0.1, -0.05) is 57.0 Å². The summed E-state index contributed by atoms with van der Waals surface area (Å²) in [6, 6.07) is 10.7. The van der Waals surface area contributed by atoms with Crippen LogP contribution in [0.3, 0.4) is 0 Å². The Balaban J connectivity index is 2.50. The van der Waals surface area contributed by atoms with Crippen LogP contribution in [0.25, 0.3) is 0 Å². The fourth-order valence-electron chi connectivity index (χ4n) is 1.91. The lowest BCUT2D eigenvalue weighted by Crippen LogP contribution is -2.32. The van der Waals surface area contributed by atoms with E-state index in [-0.39, 0.29) is 0 Å². The Kier molecular flexibility index (Phi) is 6.12. The third kappa shape index (κ3) is 3.95. The van der Waals surface area contributed by atoms with E-state index in [9.17, 15) is 0 Å². The second-order valence-corrected chi connectivity index (χ2v) is 4.29. The van der Waals surface area contributed by atoms with Crippen LogP contribution in [0, 0.1) is 5.92 Å². The molecule has 2 nitrogen and oxygen atoms in total. The van der Waals surface area contributed by atoms with Crippen molar-refractivity contribution in [3.8, 4) is 0 Å². The standard InChI is InChI=1S/C14H24N2/c1-3-12(4-2)11-16-14(10-15)13-8-6-5-7-9-13/h5-9,12,14,16H,3-4,10-11,15H2,1-2H3. The minimum absolute atomic E-state index is 0.293. The van der Waals surface area contributed by atoms with Crippen molar-refractivity contribution >= 4 is 0 Å². The van der Waals surface area contributed by atoms with Crippen LogP contribution in [-0.4, -0.2) is 13.1 Å². The van der Waals surface area contributed by atoms with Gasteiger partial charge in [-0.25, -0.2) is 0 Å².